The summed E-state index contributed by atoms with van der Waals surface area (Å²) in [5.74, 6) is 0.333. The molecule has 228 valence electrons. The van der Waals surface area contributed by atoms with Gasteiger partial charge < -0.3 is 19.4 Å². The number of unbranched alkanes of at least 4 members (excludes halogenated alkanes) is 3. The van der Waals surface area contributed by atoms with Crippen LogP contribution in [0.3, 0.4) is 0 Å². The molecule has 0 unspecified atom stereocenters. The zero-order valence-electron chi connectivity index (χ0n) is 26.2. The third kappa shape index (κ3) is 10.5. The lowest BCUT2D eigenvalue weighted by molar-refractivity contribution is -0.111. The molecule has 0 saturated carbocycles. The summed E-state index contributed by atoms with van der Waals surface area (Å²) in [7, 11) is 0. The number of ether oxygens (including phenoxy) is 2. The molecule has 0 fully saturated rings. The van der Waals surface area contributed by atoms with Crippen molar-refractivity contribution in [2.24, 2.45) is 0 Å². The molecule has 43 heavy (non-hydrogen) atoms. The number of allylic oxidation sites excluding steroid dienone is 3. The number of pyridine rings is 1. The number of carbonyl (C=O) groups excluding carboxylic acids is 1. The molecule has 0 aliphatic rings. The maximum atomic E-state index is 13.9. The Kier molecular flexibility index (Phi) is 13.6. The molecule has 0 bridgehead atoms. The van der Waals surface area contributed by atoms with Crippen molar-refractivity contribution < 1.29 is 14.3 Å². The molecule has 0 radical (unpaired) electrons. The molecule has 1 amide bonds. The first kappa shape index (κ1) is 33.2. The molecule has 0 aliphatic carbocycles. The molecule has 0 spiro atoms. The van der Waals surface area contributed by atoms with E-state index in [2.05, 4.69) is 45.7 Å². The van der Waals surface area contributed by atoms with Crippen molar-refractivity contribution >= 4 is 28.6 Å². The molecule has 0 aliphatic heterocycles. The van der Waals surface area contributed by atoms with Gasteiger partial charge in [-0.25, -0.2) is 0 Å². The van der Waals surface area contributed by atoms with Gasteiger partial charge in [0.15, 0.2) is 5.75 Å². The Morgan fingerprint density at radius 3 is 2.44 bits per heavy atom. The number of aromatic nitrogens is 1. The SMILES string of the molecule is C=CCOc1c(OCC=C(C)CCC=C(C)C)c2ccc(NC(=O)C=Cc3ccccc3)cc2n(CCCCCC)c1=O. The molecule has 3 rings (SSSR count). The van der Waals surface area contributed by atoms with Crippen LogP contribution in [-0.4, -0.2) is 23.7 Å². The molecule has 2 aromatic carbocycles. The van der Waals surface area contributed by atoms with E-state index in [-0.39, 0.29) is 23.8 Å². The van der Waals surface area contributed by atoms with Gasteiger partial charge in [0.05, 0.1) is 5.52 Å². The van der Waals surface area contributed by atoms with E-state index in [0.29, 0.717) is 30.1 Å². The summed E-state index contributed by atoms with van der Waals surface area (Å²) in [5.41, 5.74) is 4.49. The second-order valence-electron chi connectivity index (χ2n) is 10.9. The van der Waals surface area contributed by atoms with Gasteiger partial charge in [-0.1, -0.05) is 86.4 Å². The predicted molar refractivity (Wildman–Crippen MR) is 180 cm³/mol. The van der Waals surface area contributed by atoms with Crippen LogP contribution in [0.15, 0.2) is 95.4 Å². The summed E-state index contributed by atoms with van der Waals surface area (Å²) in [5, 5.41) is 3.69. The van der Waals surface area contributed by atoms with Crippen molar-refractivity contribution in [3.05, 3.63) is 106 Å². The van der Waals surface area contributed by atoms with E-state index in [1.165, 1.54) is 17.2 Å². The zero-order valence-corrected chi connectivity index (χ0v) is 26.2. The highest BCUT2D eigenvalue weighted by Gasteiger charge is 2.20. The van der Waals surface area contributed by atoms with Crippen molar-refractivity contribution in [1.29, 1.82) is 0 Å². The first-order chi connectivity index (χ1) is 20.8. The van der Waals surface area contributed by atoms with Crippen molar-refractivity contribution in [3.8, 4) is 11.5 Å². The average Bonchev–Trinajstić information content (AvgIpc) is 2.99. The minimum atomic E-state index is -0.254. The second-order valence-corrected chi connectivity index (χ2v) is 10.9. The Labute approximate surface area is 256 Å². The molecule has 1 N–H and O–H groups in total. The lowest BCUT2D eigenvalue weighted by Gasteiger charge is -2.19. The molecule has 0 saturated heterocycles. The summed E-state index contributed by atoms with van der Waals surface area (Å²) in [6.07, 6.45) is 15.2. The quantitative estimate of drug-likeness (QED) is 0.0980. The average molecular weight is 583 g/mol. The number of benzene rings is 2. The van der Waals surface area contributed by atoms with Crippen LogP contribution in [-0.2, 0) is 11.3 Å². The van der Waals surface area contributed by atoms with Gasteiger partial charge in [0.25, 0.3) is 5.56 Å². The fourth-order valence-electron chi connectivity index (χ4n) is 4.69. The number of amides is 1. The summed E-state index contributed by atoms with van der Waals surface area (Å²) >= 11 is 0. The number of hydrogen-bond acceptors (Lipinski definition) is 4. The van der Waals surface area contributed by atoms with Gasteiger partial charge in [-0.15, -0.1) is 0 Å². The van der Waals surface area contributed by atoms with E-state index >= 15 is 0 Å². The summed E-state index contributed by atoms with van der Waals surface area (Å²) in [6, 6.07) is 15.2. The number of fused-ring (bicyclic) bond motifs is 1. The monoisotopic (exact) mass is 582 g/mol. The number of carbonyl (C=O) groups is 1. The molecular formula is C37H46N2O4. The van der Waals surface area contributed by atoms with Crippen molar-refractivity contribution in [2.45, 2.75) is 72.8 Å². The highest BCUT2D eigenvalue weighted by atomic mass is 16.5. The fourth-order valence-corrected chi connectivity index (χ4v) is 4.69. The molecule has 0 atom stereocenters. The molecule has 6 heteroatoms. The normalized spacial score (nSPS) is 11.5. The van der Waals surface area contributed by atoms with Crippen LogP contribution < -0.4 is 20.3 Å². The van der Waals surface area contributed by atoms with Crippen LogP contribution in [0.25, 0.3) is 17.0 Å². The highest BCUT2D eigenvalue weighted by molar-refractivity contribution is 6.03. The molecular weight excluding hydrogens is 536 g/mol. The van der Waals surface area contributed by atoms with Gasteiger partial charge in [-0.2, -0.15) is 0 Å². The van der Waals surface area contributed by atoms with Crippen LogP contribution in [0.2, 0.25) is 0 Å². The lowest BCUT2D eigenvalue weighted by Crippen LogP contribution is -2.24. The van der Waals surface area contributed by atoms with Gasteiger partial charge in [0.2, 0.25) is 11.7 Å². The summed E-state index contributed by atoms with van der Waals surface area (Å²) in [6.45, 7) is 13.2. The molecule has 1 heterocycles. The minimum absolute atomic E-state index is 0.182. The highest BCUT2D eigenvalue weighted by Crippen LogP contribution is 2.35. The van der Waals surface area contributed by atoms with Crippen molar-refractivity contribution in [2.75, 3.05) is 18.5 Å². The van der Waals surface area contributed by atoms with Crippen molar-refractivity contribution in [3.63, 3.8) is 0 Å². The number of rotatable bonds is 17. The van der Waals surface area contributed by atoms with Gasteiger partial charge in [-0.3, -0.25) is 9.59 Å². The number of nitrogens with zero attached hydrogens (tertiary/aromatic N) is 1. The predicted octanol–water partition coefficient (Wildman–Crippen LogP) is 8.87. The van der Waals surface area contributed by atoms with Gasteiger partial charge in [0, 0.05) is 23.7 Å². The first-order valence-electron chi connectivity index (χ1n) is 15.2. The Hall–Kier alpha value is -4.32. The molecule has 3 aromatic rings. The Morgan fingerprint density at radius 2 is 1.72 bits per heavy atom. The van der Waals surface area contributed by atoms with Crippen molar-refractivity contribution in [1.82, 2.24) is 4.57 Å². The number of nitrogens with one attached hydrogen (secondary N) is 1. The van der Waals surface area contributed by atoms with Crippen LogP contribution in [0, 0.1) is 0 Å². The Balaban J connectivity index is 1.98. The van der Waals surface area contributed by atoms with Crippen LogP contribution in [0.1, 0.15) is 71.8 Å². The van der Waals surface area contributed by atoms with Gasteiger partial charge in [-0.05, 0) is 75.9 Å². The van der Waals surface area contributed by atoms with E-state index < -0.39 is 0 Å². The Morgan fingerprint density at radius 1 is 0.953 bits per heavy atom. The maximum absolute atomic E-state index is 13.9. The summed E-state index contributed by atoms with van der Waals surface area (Å²) in [4.78, 5) is 26.6. The standard InChI is InChI=1S/C37H46N2O4/c1-6-8-9-13-24-39-33-27-31(38-34(40)22-19-30-17-11-10-12-18-30)20-21-32(33)35(36(37(39)41)42-25-7-2)43-26-23-29(5)16-14-15-28(3)4/h7,10-12,15,17-23,27H,2,6,8-9,13-14,16,24-26H2,1,3-5H3,(H,38,40). The molecule has 6 nitrogen and oxygen atoms in total. The topological polar surface area (TPSA) is 69.6 Å². The van der Waals surface area contributed by atoms with Crippen LogP contribution in [0.4, 0.5) is 5.69 Å². The first-order valence-corrected chi connectivity index (χ1v) is 15.2. The number of aryl methyl sites for hydroxylation is 1. The third-order valence-electron chi connectivity index (χ3n) is 7.00. The van der Waals surface area contributed by atoms with E-state index in [4.69, 9.17) is 9.47 Å². The van der Waals surface area contributed by atoms with Gasteiger partial charge >= 0.3 is 0 Å². The smallest absolute Gasteiger partial charge is 0.297 e. The largest absolute Gasteiger partial charge is 0.485 e. The third-order valence-corrected chi connectivity index (χ3v) is 7.00. The fraction of sp³-hybridized carbons (Fsp3) is 0.351. The van der Waals surface area contributed by atoms with E-state index in [9.17, 15) is 9.59 Å². The van der Waals surface area contributed by atoms with Gasteiger partial charge in [0.1, 0.15) is 13.2 Å². The van der Waals surface area contributed by atoms with Crippen LogP contribution >= 0.6 is 0 Å². The lowest BCUT2D eigenvalue weighted by atomic mass is 10.1. The molecule has 1 aromatic heterocycles. The van der Waals surface area contributed by atoms with E-state index in [0.717, 1.165) is 49.5 Å². The van der Waals surface area contributed by atoms with E-state index in [1.54, 1.807) is 16.7 Å². The Bertz CT molecular complexity index is 1510. The van der Waals surface area contributed by atoms with Crippen LogP contribution in [0.5, 0.6) is 11.5 Å². The number of anilines is 1. The summed E-state index contributed by atoms with van der Waals surface area (Å²) < 4.78 is 13.9. The number of hydrogen-bond donors (Lipinski definition) is 1. The second kappa shape index (κ2) is 17.6. The maximum Gasteiger partial charge on any atom is 0.297 e. The zero-order chi connectivity index (χ0) is 31.0. The minimum Gasteiger partial charge on any atom is -0.485 e. The van der Waals surface area contributed by atoms with E-state index in [1.807, 2.05) is 54.6 Å².